The molecule has 0 saturated heterocycles. The lowest BCUT2D eigenvalue weighted by atomic mass is 9.85. The van der Waals surface area contributed by atoms with Gasteiger partial charge in [-0.05, 0) is 244 Å². The van der Waals surface area contributed by atoms with Crippen molar-refractivity contribution in [2.75, 3.05) is 0 Å². The van der Waals surface area contributed by atoms with Crippen LogP contribution in [0.2, 0.25) is 0 Å². The molecule has 0 atom stereocenters. The summed E-state index contributed by atoms with van der Waals surface area (Å²) in [5, 5.41) is 22.2. The van der Waals surface area contributed by atoms with Crippen LogP contribution < -0.4 is 0 Å². The number of hydrogen-bond donors (Lipinski definition) is 0. The second-order valence-corrected chi connectivity index (χ2v) is 21.7. The monoisotopic (exact) mass is 960 g/mol. The van der Waals surface area contributed by atoms with Gasteiger partial charge in [-0.15, -0.1) is 0 Å². The second kappa shape index (κ2) is 17.8. The smallest absolute Gasteiger partial charge is 0.00210 e. The van der Waals surface area contributed by atoms with E-state index in [1.165, 1.54) is 180 Å². The first kappa shape index (κ1) is 46.2. The Morgan fingerprint density at radius 2 is 0.333 bits per heavy atom. The highest BCUT2D eigenvalue weighted by atomic mass is 14.2. The number of hydrogen-bond acceptors (Lipinski definition) is 0. The molecule has 0 heteroatoms. The van der Waals surface area contributed by atoms with E-state index in [0.29, 0.717) is 0 Å². The summed E-state index contributed by atoms with van der Waals surface area (Å²) in [5.74, 6) is 0. The van der Waals surface area contributed by atoms with Gasteiger partial charge in [0.1, 0.15) is 0 Å². The largest absolute Gasteiger partial charge is 0.0610 e. The standard InChI is InChI=1S/C75H60/c1-43-34-46(4)70(47(5)35-43)73-58-22-10-16-52-28-30-54-18-12-24-60-66(54)41-68-56(20-14-26-62(68)74(60)71-48(6)36-44(2)37-49(71)7)32-33-57-21-15-27-63-69(57)42-67-55(31-29-53-17-11-23-59(73)65(53)40-64(52)58)19-13-25-61(67)75(63)72-50(8)38-45(3)39-51(72)9/h10-42H,1-9H3. The van der Waals surface area contributed by atoms with Crippen molar-refractivity contribution in [3.63, 3.8) is 0 Å². The van der Waals surface area contributed by atoms with Crippen molar-refractivity contribution in [1.82, 2.24) is 0 Å². The topological polar surface area (TPSA) is 0 Å². The third-order valence-corrected chi connectivity index (χ3v) is 16.4. The lowest BCUT2D eigenvalue weighted by Gasteiger charge is -2.18. The molecular weight excluding hydrogens is 901 g/mol. The molecule has 0 radical (unpaired) electrons. The summed E-state index contributed by atoms with van der Waals surface area (Å²) in [6, 6.07) is 77.0. The molecule has 13 rings (SSSR count). The average Bonchev–Trinajstić information content (AvgIpc) is 3.41. The van der Waals surface area contributed by atoms with E-state index in [-0.39, 0.29) is 0 Å². The highest BCUT2D eigenvalue weighted by molar-refractivity contribution is 6.24. The van der Waals surface area contributed by atoms with E-state index >= 15 is 0 Å². The Bertz CT molecular complexity index is 3980. The van der Waals surface area contributed by atoms with Crippen molar-refractivity contribution >= 4 is 97.0 Å². The molecule has 0 N–H and O–H groups in total. The maximum Gasteiger partial charge on any atom is -0.00210 e. The molecular formula is C75H60. The Morgan fingerprint density at radius 3 is 0.507 bits per heavy atom. The molecule has 0 aliphatic heterocycles. The summed E-state index contributed by atoms with van der Waals surface area (Å²) in [4.78, 5) is 0. The normalized spacial score (nSPS) is 11.8. The highest BCUT2D eigenvalue weighted by Gasteiger charge is 2.20. The van der Waals surface area contributed by atoms with Crippen molar-refractivity contribution in [3.8, 4) is 33.4 Å². The third-order valence-electron chi connectivity index (χ3n) is 16.4. The Balaban J connectivity index is 1.27. The van der Waals surface area contributed by atoms with Crippen LogP contribution in [0.15, 0.2) is 200 Å². The van der Waals surface area contributed by atoms with Gasteiger partial charge in [0.05, 0.1) is 0 Å². The minimum absolute atomic E-state index is 1.19. The molecule has 0 aromatic heterocycles. The first-order valence-corrected chi connectivity index (χ1v) is 26.6. The van der Waals surface area contributed by atoms with Gasteiger partial charge < -0.3 is 0 Å². The van der Waals surface area contributed by atoms with Crippen LogP contribution >= 0.6 is 0 Å². The van der Waals surface area contributed by atoms with Crippen LogP contribution in [0.1, 0.15) is 50.1 Å². The molecule has 0 aliphatic carbocycles. The van der Waals surface area contributed by atoms with Gasteiger partial charge in [-0.2, -0.15) is 0 Å². The van der Waals surface area contributed by atoms with Crippen molar-refractivity contribution in [3.05, 3.63) is 250 Å². The van der Waals surface area contributed by atoms with Crippen LogP contribution in [0.3, 0.4) is 0 Å². The van der Waals surface area contributed by atoms with E-state index in [9.17, 15) is 0 Å². The van der Waals surface area contributed by atoms with Crippen LogP contribution in [0.25, 0.3) is 130 Å². The Labute approximate surface area is 440 Å². The van der Waals surface area contributed by atoms with E-state index < -0.39 is 0 Å². The number of benzene rings is 12. The van der Waals surface area contributed by atoms with Crippen LogP contribution in [0, 0.1) is 62.3 Å². The van der Waals surface area contributed by atoms with Gasteiger partial charge in [0.15, 0.2) is 0 Å². The Morgan fingerprint density at radius 1 is 0.160 bits per heavy atom. The molecule has 13 aromatic rings. The summed E-state index contributed by atoms with van der Waals surface area (Å²) in [6.45, 7) is 20.3. The molecule has 0 spiro atoms. The fourth-order valence-electron chi connectivity index (χ4n) is 13.6. The minimum atomic E-state index is 1.19. The maximum absolute atomic E-state index is 2.47. The minimum Gasteiger partial charge on any atom is -0.0610 e. The molecule has 0 aliphatic rings. The maximum atomic E-state index is 2.47. The van der Waals surface area contributed by atoms with Crippen molar-refractivity contribution in [2.24, 2.45) is 0 Å². The molecule has 0 heterocycles. The molecule has 0 nitrogen and oxygen atoms in total. The average molecular weight is 961 g/mol. The zero-order chi connectivity index (χ0) is 51.4. The van der Waals surface area contributed by atoms with Crippen molar-refractivity contribution in [1.29, 1.82) is 0 Å². The van der Waals surface area contributed by atoms with Gasteiger partial charge in [0, 0.05) is 0 Å². The van der Waals surface area contributed by atoms with Gasteiger partial charge in [0.25, 0.3) is 0 Å². The first-order valence-electron chi connectivity index (χ1n) is 26.6. The Kier molecular flexibility index (Phi) is 11.0. The summed E-state index contributed by atoms with van der Waals surface area (Å²) in [5.41, 5.74) is 19.5. The lowest BCUT2D eigenvalue weighted by molar-refractivity contribution is 1.33. The van der Waals surface area contributed by atoms with Gasteiger partial charge in [-0.1, -0.05) is 199 Å². The van der Waals surface area contributed by atoms with Gasteiger partial charge in [0.2, 0.25) is 0 Å². The highest BCUT2D eigenvalue weighted by Crippen LogP contribution is 2.46. The second-order valence-electron chi connectivity index (χ2n) is 21.7. The van der Waals surface area contributed by atoms with Gasteiger partial charge in [-0.3, -0.25) is 0 Å². The Hall–Kier alpha value is -8.58. The zero-order valence-electron chi connectivity index (χ0n) is 44.6. The van der Waals surface area contributed by atoms with Crippen LogP contribution in [0.4, 0.5) is 0 Å². The van der Waals surface area contributed by atoms with Crippen LogP contribution in [-0.2, 0) is 0 Å². The van der Waals surface area contributed by atoms with E-state index in [2.05, 4.69) is 263 Å². The molecule has 0 amide bonds. The fourth-order valence-corrected chi connectivity index (χ4v) is 13.6. The van der Waals surface area contributed by atoms with Crippen molar-refractivity contribution < 1.29 is 0 Å². The summed E-state index contributed by atoms with van der Waals surface area (Å²) >= 11 is 0. The molecule has 0 saturated carbocycles. The quantitative estimate of drug-likeness (QED) is 0.155. The molecule has 0 unspecified atom stereocenters. The fraction of sp³-hybridized carbons (Fsp3) is 0.120. The first-order chi connectivity index (χ1) is 36.4. The van der Waals surface area contributed by atoms with Crippen LogP contribution in [0.5, 0.6) is 0 Å². The van der Waals surface area contributed by atoms with Crippen LogP contribution in [-0.4, -0.2) is 0 Å². The van der Waals surface area contributed by atoms with E-state index in [1.54, 1.807) is 0 Å². The number of rotatable bonds is 3. The predicted octanol–water partition coefficient (Wildman–Crippen LogP) is 21.5. The summed E-state index contributed by atoms with van der Waals surface area (Å²) in [6.07, 6.45) is 0. The molecule has 6 bridgehead atoms. The number of aryl methyl sites for hydroxylation is 9. The third kappa shape index (κ3) is 7.57. The van der Waals surface area contributed by atoms with Gasteiger partial charge in [-0.25, -0.2) is 0 Å². The van der Waals surface area contributed by atoms with E-state index in [1.807, 2.05) is 0 Å². The summed E-state index contributed by atoms with van der Waals surface area (Å²) in [7, 11) is 0. The van der Waals surface area contributed by atoms with Crippen molar-refractivity contribution in [2.45, 2.75) is 62.3 Å². The molecule has 75 heavy (non-hydrogen) atoms. The molecule has 360 valence electrons. The SMILES string of the molecule is Cc1cc(C)c(-c2c3cccc4ccc5cccc6c(-c7c(C)cc(C)cc7C)c7cccc(ccc8cccc9c(-c%10c(C)cc(C)cc%10C)c%10cccc(ccc%11cccc2c%11cc43)c%10cc89)c7cc56)c(C)c1. The van der Waals surface area contributed by atoms with E-state index in [0.717, 1.165) is 0 Å². The zero-order valence-corrected chi connectivity index (χ0v) is 44.6. The predicted molar refractivity (Wildman–Crippen MR) is 329 cm³/mol. The van der Waals surface area contributed by atoms with Gasteiger partial charge >= 0.3 is 0 Å². The summed E-state index contributed by atoms with van der Waals surface area (Å²) < 4.78 is 0. The molecule has 13 aromatic carbocycles. The lowest BCUT2D eigenvalue weighted by Crippen LogP contribution is -1.93. The molecule has 0 fully saturated rings. The van der Waals surface area contributed by atoms with E-state index in [4.69, 9.17) is 0 Å².